The van der Waals surface area contributed by atoms with Gasteiger partial charge in [-0.2, -0.15) is 0 Å². The van der Waals surface area contributed by atoms with Gasteiger partial charge in [-0.1, -0.05) is 114 Å². The summed E-state index contributed by atoms with van der Waals surface area (Å²) in [5.41, 5.74) is 7.28. The van der Waals surface area contributed by atoms with Crippen molar-refractivity contribution in [1.82, 2.24) is 4.98 Å². The third-order valence-corrected chi connectivity index (χ3v) is 7.19. The van der Waals surface area contributed by atoms with E-state index in [0.29, 0.717) is 17.0 Å². The molecule has 0 saturated heterocycles. The maximum atomic E-state index is 11.6. The van der Waals surface area contributed by atoms with Gasteiger partial charge in [-0.05, 0) is 40.2 Å². The Balaban J connectivity index is 1.74. The van der Waals surface area contributed by atoms with Gasteiger partial charge in [-0.3, -0.25) is 0 Å². The van der Waals surface area contributed by atoms with E-state index in [4.69, 9.17) is 4.98 Å². The Morgan fingerprint density at radius 3 is 1.89 bits per heavy atom. The van der Waals surface area contributed by atoms with Crippen LogP contribution in [0.5, 0.6) is 11.5 Å². The summed E-state index contributed by atoms with van der Waals surface area (Å²) < 4.78 is 0. The third kappa shape index (κ3) is 4.65. The van der Waals surface area contributed by atoms with Gasteiger partial charge in [-0.15, -0.1) is 0 Å². The molecule has 4 aromatic carbocycles. The highest BCUT2D eigenvalue weighted by Crippen LogP contribution is 2.44. The van der Waals surface area contributed by atoms with Crippen LogP contribution in [0.25, 0.3) is 44.4 Å². The molecule has 3 nitrogen and oxygen atoms in total. The lowest BCUT2D eigenvalue weighted by Gasteiger charge is -2.28. The quantitative estimate of drug-likeness (QED) is 0.259. The third-order valence-electron chi connectivity index (χ3n) is 7.19. The second-order valence-electron chi connectivity index (χ2n) is 12.1. The van der Waals surface area contributed by atoms with Crippen LogP contribution in [0.1, 0.15) is 52.7 Å². The SMILES string of the molecule is CC(C)(C)c1cc(-c2cccc3ccc(-c4cccc(-c5ccccc5)c4O)nc23)c(O)c(C(C)(C)C)c1. The largest absolute Gasteiger partial charge is 0.507 e. The van der Waals surface area contributed by atoms with E-state index in [1.807, 2.05) is 78.9 Å². The van der Waals surface area contributed by atoms with Gasteiger partial charge in [0.1, 0.15) is 11.5 Å². The van der Waals surface area contributed by atoms with Gasteiger partial charge < -0.3 is 10.2 Å². The van der Waals surface area contributed by atoms with Gasteiger partial charge in [0.15, 0.2) is 0 Å². The van der Waals surface area contributed by atoms with E-state index in [9.17, 15) is 10.2 Å². The van der Waals surface area contributed by atoms with E-state index >= 15 is 0 Å². The highest BCUT2D eigenvalue weighted by atomic mass is 16.3. The number of para-hydroxylation sites is 2. The van der Waals surface area contributed by atoms with Gasteiger partial charge >= 0.3 is 0 Å². The van der Waals surface area contributed by atoms with Gasteiger partial charge in [0, 0.05) is 33.2 Å². The smallest absolute Gasteiger partial charge is 0.132 e. The Morgan fingerprint density at radius 2 is 1.21 bits per heavy atom. The Kier molecular flexibility index (Phi) is 6.27. The number of aromatic nitrogens is 1. The summed E-state index contributed by atoms with van der Waals surface area (Å²) in [6.45, 7) is 13.0. The number of phenols is 2. The second-order valence-corrected chi connectivity index (χ2v) is 12.1. The zero-order chi connectivity index (χ0) is 27.2. The van der Waals surface area contributed by atoms with Crippen LogP contribution in [0, 0.1) is 0 Å². The standard InChI is InChI=1S/C35H35NO2/c1-34(2,3)24-20-28(33(38)29(21-24)35(4,5)6)26-16-10-14-23-18-19-30(36-31(23)26)27-17-11-15-25(32(27)37)22-12-8-7-9-13-22/h7-21,37-38H,1-6H3. The summed E-state index contributed by atoms with van der Waals surface area (Å²) >= 11 is 0. The summed E-state index contributed by atoms with van der Waals surface area (Å²) in [5, 5.41) is 23.8. The molecule has 0 fully saturated rings. The number of hydrogen-bond acceptors (Lipinski definition) is 3. The van der Waals surface area contributed by atoms with E-state index in [-0.39, 0.29) is 16.6 Å². The first-order valence-corrected chi connectivity index (χ1v) is 13.1. The Morgan fingerprint density at radius 1 is 0.553 bits per heavy atom. The normalized spacial score (nSPS) is 12.2. The van der Waals surface area contributed by atoms with Crippen LogP contribution in [0.2, 0.25) is 0 Å². The van der Waals surface area contributed by atoms with Crippen molar-refractivity contribution in [3.63, 3.8) is 0 Å². The minimum absolute atomic E-state index is 0.0880. The molecule has 1 heterocycles. The average molecular weight is 502 g/mol. The van der Waals surface area contributed by atoms with Crippen molar-refractivity contribution in [2.75, 3.05) is 0 Å². The van der Waals surface area contributed by atoms with Gasteiger partial charge in [-0.25, -0.2) is 4.98 Å². The lowest BCUT2D eigenvalue weighted by Crippen LogP contribution is -2.17. The van der Waals surface area contributed by atoms with E-state index in [1.165, 1.54) is 0 Å². The number of nitrogens with zero attached hydrogens (tertiary/aromatic N) is 1. The minimum atomic E-state index is -0.229. The van der Waals surface area contributed by atoms with Crippen molar-refractivity contribution >= 4 is 10.9 Å². The summed E-state index contributed by atoms with van der Waals surface area (Å²) in [7, 11) is 0. The number of pyridine rings is 1. The number of phenolic OH excluding ortho intramolecular Hbond substituents is 2. The fourth-order valence-corrected chi connectivity index (χ4v) is 4.96. The molecule has 0 aliphatic heterocycles. The van der Waals surface area contributed by atoms with Crippen LogP contribution in [0.15, 0.2) is 91.0 Å². The topological polar surface area (TPSA) is 53.4 Å². The molecule has 0 radical (unpaired) electrons. The molecule has 0 amide bonds. The van der Waals surface area contributed by atoms with Crippen molar-refractivity contribution in [1.29, 1.82) is 0 Å². The molecule has 0 spiro atoms. The van der Waals surface area contributed by atoms with Gasteiger partial charge in [0.05, 0.1) is 11.2 Å². The molecule has 1 aromatic heterocycles. The molecule has 5 rings (SSSR count). The lowest BCUT2D eigenvalue weighted by molar-refractivity contribution is 0.446. The maximum Gasteiger partial charge on any atom is 0.132 e. The summed E-state index contributed by atoms with van der Waals surface area (Å²) in [4.78, 5) is 5.07. The van der Waals surface area contributed by atoms with Crippen LogP contribution in [0.3, 0.4) is 0 Å². The van der Waals surface area contributed by atoms with Gasteiger partial charge in [0.2, 0.25) is 0 Å². The van der Waals surface area contributed by atoms with E-state index < -0.39 is 0 Å². The lowest BCUT2D eigenvalue weighted by atomic mass is 9.78. The van der Waals surface area contributed by atoms with Crippen LogP contribution in [-0.2, 0) is 10.8 Å². The maximum absolute atomic E-state index is 11.6. The van der Waals surface area contributed by atoms with Crippen LogP contribution >= 0.6 is 0 Å². The molecule has 0 atom stereocenters. The molecule has 2 N–H and O–H groups in total. The van der Waals surface area contributed by atoms with Crippen molar-refractivity contribution in [3.8, 4) is 45.0 Å². The Labute approximate surface area is 225 Å². The Bertz CT molecular complexity index is 1640. The number of fused-ring (bicyclic) bond motifs is 1. The van der Waals surface area contributed by atoms with Crippen LogP contribution in [0.4, 0.5) is 0 Å². The number of aromatic hydroxyl groups is 2. The minimum Gasteiger partial charge on any atom is -0.507 e. The monoisotopic (exact) mass is 501 g/mol. The summed E-state index contributed by atoms with van der Waals surface area (Å²) in [6.07, 6.45) is 0. The molecule has 3 heteroatoms. The van der Waals surface area contributed by atoms with Crippen LogP contribution < -0.4 is 0 Å². The van der Waals surface area contributed by atoms with Crippen molar-refractivity contribution in [3.05, 3.63) is 102 Å². The first-order valence-electron chi connectivity index (χ1n) is 13.1. The summed E-state index contributed by atoms with van der Waals surface area (Å²) in [6, 6.07) is 29.9. The fraction of sp³-hybridized carbons (Fsp3) is 0.229. The second kappa shape index (κ2) is 9.33. The van der Waals surface area contributed by atoms with Gasteiger partial charge in [0.25, 0.3) is 0 Å². The summed E-state index contributed by atoms with van der Waals surface area (Å²) in [5.74, 6) is 0.495. The zero-order valence-corrected chi connectivity index (χ0v) is 23.0. The molecule has 0 aliphatic rings. The van der Waals surface area contributed by atoms with Crippen molar-refractivity contribution < 1.29 is 10.2 Å². The number of hydrogen-bond donors (Lipinski definition) is 2. The first-order chi connectivity index (χ1) is 17.9. The predicted molar refractivity (Wildman–Crippen MR) is 159 cm³/mol. The molecule has 192 valence electrons. The number of rotatable bonds is 3. The van der Waals surface area contributed by atoms with E-state index in [1.54, 1.807) is 0 Å². The number of benzene rings is 4. The Hall–Kier alpha value is -4.11. The molecular formula is C35H35NO2. The zero-order valence-electron chi connectivity index (χ0n) is 23.0. The van der Waals surface area contributed by atoms with Crippen molar-refractivity contribution in [2.45, 2.75) is 52.4 Å². The molecular weight excluding hydrogens is 466 g/mol. The first kappa shape index (κ1) is 25.5. The molecule has 0 bridgehead atoms. The predicted octanol–water partition coefficient (Wildman–Crippen LogP) is 9.24. The highest BCUT2D eigenvalue weighted by Gasteiger charge is 2.26. The van der Waals surface area contributed by atoms with Crippen LogP contribution in [-0.4, -0.2) is 15.2 Å². The molecule has 0 saturated carbocycles. The average Bonchev–Trinajstić information content (AvgIpc) is 2.87. The highest BCUT2D eigenvalue weighted by molar-refractivity contribution is 5.97. The molecule has 5 aromatic rings. The molecule has 0 aliphatic carbocycles. The molecule has 38 heavy (non-hydrogen) atoms. The van der Waals surface area contributed by atoms with E-state index in [0.717, 1.165) is 44.3 Å². The molecule has 0 unspecified atom stereocenters. The van der Waals surface area contributed by atoms with E-state index in [2.05, 4.69) is 53.7 Å². The van der Waals surface area contributed by atoms with Crippen molar-refractivity contribution in [2.24, 2.45) is 0 Å². The fourth-order valence-electron chi connectivity index (χ4n) is 4.96.